The molecular weight excluding hydrogens is 241 g/mol. The minimum absolute atomic E-state index is 0.0383. The van der Waals surface area contributed by atoms with Gasteiger partial charge >= 0.3 is 0 Å². The second-order valence-corrected chi connectivity index (χ2v) is 5.85. The van der Waals surface area contributed by atoms with Crippen LogP contribution in [0.25, 0.3) is 0 Å². The van der Waals surface area contributed by atoms with E-state index in [-0.39, 0.29) is 17.6 Å². The number of rotatable bonds is 3. The molecule has 1 unspecified atom stereocenters. The van der Waals surface area contributed by atoms with Crippen molar-refractivity contribution in [1.82, 2.24) is 0 Å². The van der Waals surface area contributed by atoms with Crippen molar-refractivity contribution in [3.8, 4) is 0 Å². The Hall–Kier alpha value is -1.38. The van der Waals surface area contributed by atoms with Gasteiger partial charge in [0.2, 0.25) is 5.91 Å². The smallest absolute Gasteiger partial charge is 0.232 e. The van der Waals surface area contributed by atoms with E-state index < -0.39 is 0 Å². The van der Waals surface area contributed by atoms with Crippen molar-refractivity contribution in [1.29, 1.82) is 0 Å². The molecule has 1 aliphatic heterocycles. The Morgan fingerprint density at radius 2 is 1.95 bits per heavy atom. The highest BCUT2D eigenvalue weighted by atomic mass is 19.1. The first-order valence-electron chi connectivity index (χ1n) is 7.34. The van der Waals surface area contributed by atoms with Crippen molar-refractivity contribution in [2.45, 2.75) is 50.9 Å². The Labute approximate surface area is 113 Å². The Kier molecular flexibility index (Phi) is 3.54. The van der Waals surface area contributed by atoms with E-state index >= 15 is 0 Å². The second-order valence-electron chi connectivity index (χ2n) is 5.85. The zero-order chi connectivity index (χ0) is 13.2. The Morgan fingerprint density at radius 3 is 2.74 bits per heavy atom. The van der Waals surface area contributed by atoms with Crippen LogP contribution in [0.3, 0.4) is 0 Å². The fourth-order valence-corrected chi connectivity index (χ4v) is 3.46. The molecule has 1 saturated carbocycles. The number of benzene rings is 1. The van der Waals surface area contributed by atoms with Crippen molar-refractivity contribution in [2.24, 2.45) is 5.92 Å². The zero-order valence-corrected chi connectivity index (χ0v) is 11.1. The van der Waals surface area contributed by atoms with Crippen LogP contribution in [-0.2, 0) is 4.79 Å². The summed E-state index contributed by atoms with van der Waals surface area (Å²) in [6.45, 7) is 0. The van der Waals surface area contributed by atoms with E-state index in [1.54, 1.807) is 6.07 Å². The molecule has 0 radical (unpaired) electrons. The number of nitrogens with one attached hydrogen (secondary N) is 1. The molecular formula is C16H20FNO. The number of amides is 1. The highest BCUT2D eigenvalue weighted by Crippen LogP contribution is 2.38. The molecule has 2 aliphatic rings. The molecule has 1 aromatic carbocycles. The highest BCUT2D eigenvalue weighted by Gasteiger charge is 2.31. The van der Waals surface area contributed by atoms with Crippen LogP contribution in [0.5, 0.6) is 0 Å². The Morgan fingerprint density at radius 1 is 1.16 bits per heavy atom. The lowest BCUT2D eigenvalue weighted by Gasteiger charge is -2.22. The summed E-state index contributed by atoms with van der Waals surface area (Å²) < 4.78 is 13.3. The van der Waals surface area contributed by atoms with E-state index in [9.17, 15) is 9.18 Å². The maximum atomic E-state index is 13.3. The van der Waals surface area contributed by atoms with Gasteiger partial charge in [-0.2, -0.15) is 0 Å². The molecule has 0 saturated heterocycles. The second kappa shape index (κ2) is 5.32. The summed E-state index contributed by atoms with van der Waals surface area (Å²) >= 11 is 0. The third-order valence-electron chi connectivity index (χ3n) is 4.55. The van der Waals surface area contributed by atoms with E-state index in [2.05, 4.69) is 5.32 Å². The van der Waals surface area contributed by atoms with Gasteiger partial charge in [0.25, 0.3) is 0 Å². The van der Waals surface area contributed by atoms with Gasteiger partial charge in [0.05, 0.1) is 5.92 Å². The predicted octanol–water partition coefficient (Wildman–Crippen LogP) is 4.22. The number of halogens is 1. The first-order valence-corrected chi connectivity index (χ1v) is 7.34. The van der Waals surface area contributed by atoms with Gasteiger partial charge in [0.15, 0.2) is 0 Å². The zero-order valence-electron chi connectivity index (χ0n) is 11.1. The third-order valence-corrected chi connectivity index (χ3v) is 4.55. The molecule has 0 spiro atoms. The van der Waals surface area contributed by atoms with Crippen molar-refractivity contribution in [3.63, 3.8) is 0 Å². The van der Waals surface area contributed by atoms with Crippen LogP contribution in [0.15, 0.2) is 18.2 Å². The number of hydrogen-bond acceptors (Lipinski definition) is 1. The SMILES string of the molecule is O=C1Nc2ccc(F)cc2C1CCC1CCCCC1. The van der Waals surface area contributed by atoms with Crippen LogP contribution >= 0.6 is 0 Å². The maximum Gasteiger partial charge on any atom is 0.232 e. The molecule has 0 aromatic heterocycles. The molecule has 19 heavy (non-hydrogen) atoms. The molecule has 1 N–H and O–H groups in total. The molecule has 1 fully saturated rings. The van der Waals surface area contributed by atoms with E-state index in [1.807, 2.05) is 0 Å². The van der Waals surface area contributed by atoms with Gasteiger partial charge in [0.1, 0.15) is 5.82 Å². The molecule has 1 aliphatic carbocycles. The predicted molar refractivity (Wildman–Crippen MR) is 73.6 cm³/mol. The normalized spacial score (nSPS) is 23.2. The Balaban J connectivity index is 1.67. The van der Waals surface area contributed by atoms with Gasteiger partial charge in [-0.25, -0.2) is 4.39 Å². The third kappa shape index (κ3) is 2.65. The number of anilines is 1. The molecule has 0 bridgehead atoms. The van der Waals surface area contributed by atoms with Gasteiger partial charge in [0, 0.05) is 5.69 Å². The fraction of sp³-hybridized carbons (Fsp3) is 0.562. The number of hydrogen-bond donors (Lipinski definition) is 1. The average Bonchev–Trinajstić information content (AvgIpc) is 2.73. The summed E-state index contributed by atoms with van der Waals surface area (Å²) in [5.41, 5.74) is 1.64. The number of carbonyl (C=O) groups excluding carboxylic acids is 1. The van der Waals surface area contributed by atoms with Gasteiger partial charge in [-0.3, -0.25) is 4.79 Å². The molecule has 1 heterocycles. The van der Waals surface area contributed by atoms with Crippen LogP contribution in [0.4, 0.5) is 10.1 Å². The van der Waals surface area contributed by atoms with E-state index in [0.29, 0.717) is 0 Å². The molecule has 102 valence electrons. The van der Waals surface area contributed by atoms with E-state index in [4.69, 9.17) is 0 Å². The van der Waals surface area contributed by atoms with Gasteiger partial charge < -0.3 is 5.32 Å². The molecule has 3 heteroatoms. The van der Waals surface area contributed by atoms with Crippen LogP contribution in [-0.4, -0.2) is 5.91 Å². The van der Waals surface area contributed by atoms with Crippen molar-refractivity contribution in [3.05, 3.63) is 29.6 Å². The summed E-state index contributed by atoms with van der Waals surface area (Å²) in [5, 5.41) is 2.86. The summed E-state index contributed by atoms with van der Waals surface area (Å²) in [7, 11) is 0. The van der Waals surface area contributed by atoms with Crippen molar-refractivity contribution < 1.29 is 9.18 Å². The first-order chi connectivity index (χ1) is 9.24. The summed E-state index contributed by atoms with van der Waals surface area (Å²) in [4.78, 5) is 12.0. The topological polar surface area (TPSA) is 29.1 Å². The van der Waals surface area contributed by atoms with Crippen LogP contribution < -0.4 is 5.32 Å². The van der Waals surface area contributed by atoms with E-state index in [0.717, 1.165) is 30.0 Å². The molecule has 1 aromatic rings. The maximum absolute atomic E-state index is 13.3. The minimum atomic E-state index is -0.252. The van der Waals surface area contributed by atoms with E-state index in [1.165, 1.54) is 44.2 Å². The molecule has 2 nitrogen and oxygen atoms in total. The summed E-state index contributed by atoms with van der Waals surface area (Å²) in [6.07, 6.45) is 8.55. The Bertz CT molecular complexity index is 480. The molecule has 1 amide bonds. The lowest BCUT2D eigenvalue weighted by atomic mass is 9.83. The number of carbonyl (C=O) groups is 1. The minimum Gasteiger partial charge on any atom is -0.325 e. The lowest BCUT2D eigenvalue weighted by molar-refractivity contribution is -0.117. The van der Waals surface area contributed by atoms with Crippen LogP contribution in [0.2, 0.25) is 0 Å². The number of fused-ring (bicyclic) bond motifs is 1. The van der Waals surface area contributed by atoms with Gasteiger partial charge in [-0.1, -0.05) is 32.1 Å². The quantitative estimate of drug-likeness (QED) is 0.867. The molecule has 3 rings (SSSR count). The summed E-state index contributed by atoms with van der Waals surface area (Å²) in [6, 6.07) is 4.59. The largest absolute Gasteiger partial charge is 0.325 e. The van der Waals surface area contributed by atoms with Crippen LogP contribution in [0, 0.1) is 11.7 Å². The first kappa shape index (κ1) is 12.6. The van der Waals surface area contributed by atoms with Gasteiger partial charge in [-0.05, 0) is 42.5 Å². The lowest BCUT2D eigenvalue weighted by Crippen LogP contribution is -2.14. The monoisotopic (exact) mass is 261 g/mol. The van der Waals surface area contributed by atoms with Crippen molar-refractivity contribution in [2.75, 3.05) is 5.32 Å². The van der Waals surface area contributed by atoms with Gasteiger partial charge in [-0.15, -0.1) is 0 Å². The standard InChI is InChI=1S/C16H20FNO/c17-12-7-9-15-14(10-12)13(16(19)18-15)8-6-11-4-2-1-3-5-11/h7,9-11,13H,1-6,8H2,(H,18,19). The van der Waals surface area contributed by atoms with Crippen LogP contribution in [0.1, 0.15) is 56.4 Å². The average molecular weight is 261 g/mol. The molecule has 1 atom stereocenters. The fourth-order valence-electron chi connectivity index (χ4n) is 3.46. The van der Waals surface area contributed by atoms with Crippen molar-refractivity contribution >= 4 is 11.6 Å². The summed E-state index contributed by atoms with van der Waals surface area (Å²) in [5.74, 6) is 0.404. The highest BCUT2D eigenvalue weighted by molar-refractivity contribution is 6.02.